The van der Waals surface area contributed by atoms with Gasteiger partial charge in [0, 0.05) is 50.1 Å². The van der Waals surface area contributed by atoms with Crippen molar-refractivity contribution in [1.29, 1.82) is 0 Å². The van der Waals surface area contributed by atoms with Crippen LogP contribution < -0.4 is 0 Å². The van der Waals surface area contributed by atoms with E-state index in [4.69, 9.17) is 4.74 Å². The molecule has 0 aromatic rings. The van der Waals surface area contributed by atoms with E-state index in [-0.39, 0.29) is 12.1 Å². The molecule has 5 heteroatoms. The molecule has 0 saturated carbocycles. The van der Waals surface area contributed by atoms with E-state index in [0.717, 1.165) is 45.3 Å². The summed E-state index contributed by atoms with van der Waals surface area (Å²) in [6, 6.07) is 0.940. The SMILES string of the molecule is C/C=C(\C)C(=O)OC1CCN2C[C@@H]3C[C@@H](CN4C(=O)CCC[C@H]34)[C@@H]2C1. The van der Waals surface area contributed by atoms with Crippen LogP contribution >= 0.6 is 0 Å². The molecule has 0 aromatic carbocycles. The molecule has 25 heavy (non-hydrogen) atoms. The maximum Gasteiger partial charge on any atom is 0.333 e. The first kappa shape index (κ1) is 17.1. The van der Waals surface area contributed by atoms with Gasteiger partial charge in [-0.2, -0.15) is 0 Å². The van der Waals surface area contributed by atoms with E-state index in [1.807, 2.05) is 19.9 Å². The number of carbonyl (C=O) groups is 2. The van der Waals surface area contributed by atoms with E-state index in [0.29, 0.717) is 35.4 Å². The number of rotatable bonds is 2. The van der Waals surface area contributed by atoms with Crippen LogP contribution in [0.4, 0.5) is 0 Å². The molecular weight excluding hydrogens is 316 g/mol. The number of hydrogen-bond donors (Lipinski definition) is 0. The Morgan fingerprint density at radius 1 is 1.16 bits per heavy atom. The van der Waals surface area contributed by atoms with Gasteiger partial charge in [-0.25, -0.2) is 4.79 Å². The summed E-state index contributed by atoms with van der Waals surface area (Å²) in [4.78, 5) is 29.3. The van der Waals surface area contributed by atoms with Crippen LogP contribution in [0, 0.1) is 11.8 Å². The molecule has 0 aromatic heterocycles. The van der Waals surface area contributed by atoms with Gasteiger partial charge in [-0.15, -0.1) is 0 Å². The van der Waals surface area contributed by atoms with Crippen molar-refractivity contribution in [3.05, 3.63) is 11.6 Å². The second-order valence-electron chi connectivity index (χ2n) is 8.35. The highest BCUT2D eigenvalue weighted by Crippen LogP contribution is 2.43. The van der Waals surface area contributed by atoms with Crippen LogP contribution in [-0.4, -0.2) is 59.5 Å². The number of piperidine rings is 4. The third-order valence-corrected chi connectivity index (χ3v) is 6.95. The molecule has 4 rings (SSSR count). The quantitative estimate of drug-likeness (QED) is 0.569. The number of amides is 1. The van der Waals surface area contributed by atoms with Crippen LogP contribution in [0.2, 0.25) is 0 Å². The van der Waals surface area contributed by atoms with Crippen LogP contribution in [0.25, 0.3) is 0 Å². The maximum absolute atomic E-state index is 12.4. The zero-order valence-corrected chi connectivity index (χ0v) is 15.4. The Morgan fingerprint density at radius 3 is 2.76 bits per heavy atom. The first-order valence-electron chi connectivity index (χ1n) is 9.94. The van der Waals surface area contributed by atoms with Gasteiger partial charge >= 0.3 is 5.97 Å². The highest BCUT2D eigenvalue weighted by molar-refractivity contribution is 5.87. The summed E-state index contributed by atoms with van der Waals surface area (Å²) < 4.78 is 5.74. The summed E-state index contributed by atoms with van der Waals surface area (Å²) >= 11 is 0. The molecule has 0 aliphatic carbocycles. The molecule has 0 radical (unpaired) electrons. The van der Waals surface area contributed by atoms with Gasteiger partial charge in [0.05, 0.1) is 0 Å². The predicted octanol–water partition coefficient (Wildman–Crippen LogP) is 2.36. The van der Waals surface area contributed by atoms with Crippen molar-refractivity contribution in [3.63, 3.8) is 0 Å². The Kier molecular flexibility index (Phi) is 4.61. The Balaban J connectivity index is 1.44. The Hall–Kier alpha value is -1.36. The molecular formula is C20H30N2O3. The lowest BCUT2D eigenvalue weighted by Gasteiger charge is -2.57. The molecule has 4 saturated heterocycles. The summed E-state index contributed by atoms with van der Waals surface area (Å²) in [5.74, 6) is 1.37. The minimum atomic E-state index is -0.176. The fraction of sp³-hybridized carbons (Fsp3) is 0.800. The summed E-state index contributed by atoms with van der Waals surface area (Å²) in [6.07, 6.45) is 7.91. The third kappa shape index (κ3) is 3.12. The molecule has 1 amide bonds. The average Bonchev–Trinajstić information content (AvgIpc) is 2.62. The van der Waals surface area contributed by atoms with Crippen molar-refractivity contribution < 1.29 is 14.3 Å². The van der Waals surface area contributed by atoms with E-state index < -0.39 is 0 Å². The van der Waals surface area contributed by atoms with Gasteiger partial charge in [-0.05, 0) is 51.4 Å². The first-order valence-corrected chi connectivity index (χ1v) is 9.94. The average molecular weight is 346 g/mol. The van der Waals surface area contributed by atoms with Gasteiger partial charge in [-0.3, -0.25) is 9.69 Å². The van der Waals surface area contributed by atoms with Gasteiger partial charge in [0.1, 0.15) is 6.10 Å². The topological polar surface area (TPSA) is 49.9 Å². The lowest BCUT2D eigenvalue weighted by Crippen LogP contribution is -2.65. The number of hydrogen-bond acceptors (Lipinski definition) is 4. The Labute approximate surface area is 150 Å². The standard InChI is InChI=1S/C20H30N2O3/c1-3-13(2)20(24)25-16-7-8-21-11-14-9-15(18(21)10-16)12-22-17(14)5-4-6-19(22)23/h3,14-18H,4-12H2,1-2H3/b13-3+/t14-,15-,16?,17+,18-/m0/s1. The zero-order valence-electron chi connectivity index (χ0n) is 15.4. The zero-order chi connectivity index (χ0) is 17.6. The van der Waals surface area contributed by atoms with Crippen molar-refractivity contribution in [2.24, 2.45) is 11.8 Å². The molecule has 2 bridgehead atoms. The van der Waals surface area contributed by atoms with Crippen LogP contribution in [0.5, 0.6) is 0 Å². The van der Waals surface area contributed by atoms with E-state index in [9.17, 15) is 9.59 Å². The normalized spacial score (nSPS) is 38.8. The largest absolute Gasteiger partial charge is 0.459 e. The van der Waals surface area contributed by atoms with E-state index in [1.54, 1.807) is 0 Å². The van der Waals surface area contributed by atoms with Crippen molar-refractivity contribution in [1.82, 2.24) is 9.80 Å². The van der Waals surface area contributed by atoms with Gasteiger partial charge in [0.2, 0.25) is 5.91 Å². The van der Waals surface area contributed by atoms with Crippen molar-refractivity contribution in [2.75, 3.05) is 19.6 Å². The number of carbonyl (C=O) groups excluding carboxylic acids is 2. The Morgan fingerprint density at radius 2 is 1.96 bits per heavy atom. The number of ether oxygens (including phenoxy) is 1. The van der Waals surface area contributed by atoms with Crippen LogP contribution in [0.1, 0.15) is 52.4 Å². The lowest BCUT2D eigenvalue weighted by atomic mass is 9.70. The minimum absolute atomic E-state index is 0.0231. The molecule has 5 atom stereocenters. The van der Waals surface area contributed by atoms with Gasteiger partial charge in [0.15, 0.2) is 0 Å². The van der Waals surface area contributed by atoms with Crippen LogP contribution in [-0.2, 0) is 14.3 Å². The first-order chi connectivity index (χ1) is 12.1. The summed E-state index contributed by atoms with van der Waals surface area (Å²) in [7, 11) is 0. The number of nitrogens with zero attached hydrogens (tertiary/aromatic N) is 2. The van der Waals surface area contributed by atoms with Gasteiger partial charge in [0.25, 0.3) is 0 Å². The fourth-order valence-electron chi connectivity index (χ4n) is 5.52. The molecule has 0 N–H and O–H groups in total. The molecule has 4 fully saturated rings. The molecule has 4 heterocycles. The summed E-state index contributed by atoms with van der Waals surface area (Å²) in [5.41, 5.74) is 0.686. The maximum atomic E-state index is 12.4. The highest BCUT2D eigenvalue weighted by atomic mass is 16.5. The van der Waals surface area contributed by atoms with Gasteiger partial charge < -0.3 is 9.64 Å². The van der Waals surface area contributed by atoms with Crippen molar-refractivity contribution in [2.45, 2.75) is 70.6 Å². The number of fused-ring (bicyclic) bond motifs is 6. The van der Waals surface area contributed by atoms with Crippen LogP contribution in [0.15, 0.2) is 11.6 Å². The summed E-state index contributed by atoms with van der Waals surface area (Å²) in [5, 5.41) is 0. The number of allylic oxidation sites excluding steroid dienone is 1. The molecule has 4 aliphatic heterocycles. The molecule has 4 aliphatic rings. The Bertz CT molecular complexity index is 587. The second-order valence-corrected chi connectivity index (χ2v) is 8.35. The second kappa shape index (κ2) is 6.75. The summed E-state index contributed by atoms with van der Waals surface area (Å²) in [6.45, 7) is 6.73. The third-order valence-electron chi connectivity index (χ3n) is 6.95. The monoisotopic (exact) mass is 346 g/mol. The van der Waals surface area contributed by atoms with Crippen LogP contribution in [0.3, 0.4) is 0 Å². The van der Waals surface area contributed by atoms with Gasteiger partial charge in [-0.1, -0.05) is 6.08 Å². The van der Waals surface area contributed by atoms with E-state index in [2.05, 4.69) is 9.80 Å². The smallest absolute Gasteiger partial charge is 0.333 e. The van der Waals surface area contributed by atoms with E-state index >= 15 is 0 Å². The molecule has 0 spiro atoms. The predicted molar refractivity (Wildman–Crippen MR) is 94.9 cm³/mol. The molecule has 1 unspecified atom stereocenters. The lowest BCUT2D eigenvalue weighted by molar-refractivity contribution is -0.156. The fourth-order valence-corrected chi connectivity index (χ4v) is 5.52. The molecule has 138 valence electrons. The highest BCUT2D eigenvalue weighted by Gasteiger charge is 2.49. The van der Waals surface area contributed by atoms with Crippen molar-refractivity contribution in [3.8, 4) is 0 Å². The van der Waals surface area contributed by atoms with E-state index in [1.165, 1.54) is 12.8 Å². The minimum Gasteiger partial charge on any atom is -0.459 e. The number of esters is 1. The molecule has 5 nitrogen and oxygen atoms in total. The van der Waals surface area contributed by atoms with Crippen molar-refractivity contribution >= 4 is 11.9 Å².